The summed E-state index contributed by atoms with van der Waals surface area (Å²) in [6.45, 7) is 6.56. The summed E-state index contributed by atoms with van der Waals surface area (Å²) in [6.07, 6.45) is 3.62. The van der Waals surface area contributed by atoms with Crippen LogP contribution in [0.2, 0.25) is 10.0 Å². The zero-order valence-corrected chi connectivity index (χ0v) is 17.6. The maximum atomic E-state index is 12.7. The Morgan fingerprint density at radius 2 is 1.96 bits per heavy atom. The van der Waals surface area contributed by atoms with Crippen LogP contribution in [0, 0.1) is 5.92 Å². The van der Waals surface area contributed by atoms with Gasteiger partial charge in [-0.15, -0.1) is 0 Å². The molecule has 2 aromatic rings. The smallest absolute Gasteiger partial charge is 0.227 e. The molecule has 0 aliphatic carbocycles. The molecule has 1 aromatic heterocycles. The molecule has 1 amide bonds. The molecule has 0 saturated carbocycles. The van der Waals surface area contributed by atoms with E-state index < -0.39 is 0 Å². The Bertz CT molecular complexity index is 774. The quantitative estimate of drug-likeness (QED) is 0.680. The summed E-state index contributed by atoms with van der Waals surface area (Å²) in [4.78, 5) is 17.0. The Morgan fingerprint density at radius 1 is 1.23 bits per heavy atom. The van der Waals surface area contributed by atoms with Crippen molar-refractivity contribution in [1.29, 1.82) is 0 Å². The van der Waals surface area contributed by atoms with Crippen molar-refractivity contribution in [2.24, 2.45) is 5.92 Å². The van der Waals surface area contributed by atoms with E-state index in [1.54, 1.807) is 10.9 Å². The standard InChI is InChI=1S/C18H21BrCl2N4O/c1-13(10-25-12-15(19)9-22-25)18(26)24-6-4-23(5-7-24)11-14-2-3-16(20)17(21)8-14/h2-3,8-9,12-13H,4-7,10-11H2,1H3. The van der Waals surface area contributed by atoms with Gasteiger partial charge in [0.2, 0.25) is 5.91 Å². The van der Waals surface area contributed by atoms with Gasteiger partial charge in [-0.25, -0.2) is 0 Å². The van der Waals surface area contributed by atoms with Crippen molar-refractivity contribution in [2.45, 2.75) is 20.0 Å². The van der Waals surface area contributed by atoms with E-state index in [2.05, 4.69) is 25.9 Å². The average molecular weight is 460 g/mol. The molecule has 1 fully saturated rings. The van der Waals surface area contributed by atoms with Crippen LogP contribution in [0.15, 0.2) is 35.1 Å². The van der Waals surface area contributed by atoms with E-state index in [4.69, 9.17) is 23.2 Å². The maximum Gasteiger partial charge on any atom is 0.227 e. The number of nitrogens with zero attached hydrogens (tertiary/aromatic N) is 4. The highest BCUT2D eigenvalue weighted by atomic mass is 79.9. The second-order valence-corrected chi connectivity index (χ2v) is 8.36. The predicted octanol–water partition coefficient (Wildman–Crippen LogP) is 3.93. The number of amides is 1. The van der Waals surface area contributed by atoms with Gasteiger partial charge in [0.1, 0.15) is 0 Å². The van der Waals surface area contributed by atoms with Crippen LogP contribution in [0.5, 0.6) is 0 Å². The van der Waals surface area contributed by atoms with Crippen LogP contribution >= 0.6 is 39.1 Å². The summed E-state index contributed by atoms with van der Waals surface area (Å²) in [5.41, 5.74) is 1.14. The zero-order valence-electron chi connectivity index (χ0n) is 14.5. The fourth-order valence-electron chi connectivity index (χ4n) is 3.13. The SMILES string of the molecule is CC(Cn1cc(Br)cn1)C(=O)N1CCN(Cc2ccc(Cl)c(Cl)c2)CC1. The molecule has 8 heteroatoms. The number of hydrogen-bond donors (Lipinski definition) is 0. The van der Waals surface area contributed by atoms with Crippen LogP contribution in [0.4, 0.5) is 0 Å². The second-order valence-electron chi connectivity index (χ2n) is 6.63. The molecule has 1 aliphatic rings. The third-order valence-electron chi connectivity index (χ3n) is 4.56. The number of carbonyl (C=O) groups excluding carboxylic acids is 1. The molecule has 3 rings (SSSR count). The Balaban J connectivity index is 1.49. The van der Waals surface area contributed by atoms with Gasteiger partial charge in [-0.3, -0.25) is 14.4 Å². The highest BCUT2D eigenvalue weighted by molar-refractivity contribution is 9.10. The van der Waals surface area contributed by atoms with Gasteiger partial charge in [-0.05, 0) is 33.6 Å². The summed E-state index contributed by atoms with van der Waals surface area (Å²) in [7, 11) is 0. The topological polar surface area (TPSA) is 41.4 Å². The minimum atomic E-state index is -0.0941. The molecule has 0 N–H and O–H groups in total. The highest BCUT2D eigenvalue weighted by Crippen LogP contribution is 2.23. The number of piperazine rings is 1. The summed E-state index contributed by atoms with van der Waals surface area (Å²) in [5, 5.41) is 5.38. The Hall–Kier alpha value is -1.08. The molecule has 1 saturated heterocycles. The molecule has 26 heavy (non-hydrogen) atoms. The normalized spacial score (nSPS) is 16.7. The van der Waals surface area contributed by atoms with Crippen LogP contribution in [0.3, 0.4) is 0 Å². The van der Waals surface area contributed by atoms with Crippen molar-refractivity contribution in [2.75, 3.05) is 26.2 Å². The number of hydrogen-bond acceptors (Lipinski definition) is 3. The summed E-state index contributed by atoms with van der Waals surface area (Å²) in [5.74, 6) is 0.0919. The van der Waals surface area contributed by atoms with Crippen molar-refractivity contribution >= 4 is 45.0 Å². The molecule has 1 atom stereocenters. The molecular formula is C18H21BrCl2N4O. The molecule has 0 spiro atoms. The largest absolute Gasteiger partial charge is 0.340 e. The molecule has 2 heterocycles. The number of benzene rings is 1. The second kappa shape index (κ2) is 8.74. The maximum absolute atomic E-state index is 12.7. The van der Waals surface area contributed by atoms with Crippen LogP contribution in [0.1, 0.15) is 12.5 Å². The van der Waals surface area contributed by atoms with Crippen molar-refractivity contribution < 1.29 is 4.79 Å². The zero-order chi connectivity index (χ0) is 18.7. The van der Waals surface area contributed by atoms with Gasteiger partial charge in [0.25, 0.3) is 0 Å². The van der Waals surface area contributed by atoms with E-state index in [0.717, 1.165) is 42.8 Å². The van der Waals surface area contributed by atoms with E-state index >= 15 is 0 Å². The molecule has 0 radical (unpaired) electrons. The van der Waals surface area contributed by atoms with Crippen molar-refractivity contribution in [3.8, 4) is 0 Å². The van der Waals surface area contributed by atoms with Gasteiger partial charge in [0, 0.05) is 38.9 Å². The molecule has 0 bridgehead atoms. The molecule has 1 aromatic carbocycles. The number of carbonyl (C=O) groups is 1. The van der Waals surface area contributed by atoms with Crippen molar-refractivity contribution in [1.82, 2.24) is 19.6 Å². The lowest BCUT2D eigenvalue weighted by molar-refractivity contribution is -0.137. The molecule has 5 nitrogen and oxygen atoms in total. The van der Waals surface area contributed by atoms with Crippen molar-refractivity contribution in [3.63, 3.8) is 0 Å². The summed E-state index contributed by atoms with van der Waals surface area (Å²) in [6, 6.07) is 5.73. The first-order valence-corrected chi connectivity index (χ1v) is 10.1. The van der Waals surface area contributed by atoms with Crippen molar-refractivity contribution in [3.05, 3.63) is 50.7 Å². The van der Waals surface area contributed by atoms with Gasteiger partial charge in [0.05, 0.1) is 33.2 Å². The van der Waals surface area contributed by atoms with E-state index in [1.165, 1.54) is 0 Å². The minimum Gasteiger partial charge on any atom is -0.340 e. The first-order chi connectivity index (χ1) is 12.4. The van der Waals surface area contributed by atoms with E-state index in [9.17, 15) is 4.79 Å². The summed E-state index contributed by atoms with van der Waals surface area (Å²) >= 11 is 15.4. The first-order valence-electron chi connectivity index (χ1n) is 8.55. The van der Waals surface area contributed by atoms with Gasteiger partial charge in [-0.1, -0.05) is 36.2 Å². The summed E-state index contributed by atoms with van der Waals surface area (Å²) < 4.78 is 2.72. The Kier molecular flexibility index (Phi) is 6.61. The molecule has 1 unspecified atom stereocenters. The van der Waals surface area contributed by atoms with Crippen LogP contribution in [0.25, 0.3) is 0 Å². The number of rotatable bonds is 5. The average Bonchev–Trinajstić information content (AvgIpc) is 3.03. The van der Waals surface area contributed by atoms with Gasteiger partial charge < -0.3 is 4.90 Å². The molecular weight excluding hydrogens is 439 g/mol. The van der Waals surface area contributed by atoms with Crippen LogP contribution in [-0.2, 0) is 17.9 Å². The monoisotopic (exact) mass is 458 g/mol. The van der Waals surface area contributed by atoms with Gasteiger partial charge in [-0.2, -0.15) is 5.10 Å². The van der Waals surface area contributed by atoms with Gasteiger partial charge >= 0.3 is 0 Å². The fraction of sp³-hybridized carbons (Fsp3) is 0.444. The lowest BCUT2D eigenvalue weighted by Gasteiger charge is -2.36. The first kappa shape index (κ1) is 19.7. The van der Waals surface area contributed by atoms with Crippen LogP contribution < -0.4 is 0 Å². The Labute approximate surface area is 172 Å². The molecule has 140 valence electrons. The fourth-order valence-corrected chi connectivity index (χ4v) is 3.78. The predicted molar refractivity (Wildman–Crippen MR) is 107 cm³/mol. The van der Waals surface area contributed by atoms with E-state index in [-0.39, 0.29) is 11.8 Å². The van der Waals surface area contributed by atoms with Crippen LogP contribution in [-0.4, -0.2) is 51.7 Å². The third-order valence-corrected chi connectivity index (χ3v) is 5.71. The Morgan fingerprint density at radius 3 is 2.58 bits per heavy atom. The highest BCUT2D eigenvalue weighted by Gasteiger charge is 2.25. The number of aromatic nitrogens is 2. The third kappa shape index (κ3) is 5.00. The molecule has 1 aliphatic heterocycles. The van der Waals surface area contributed by atoms with E-state index in [1.807, 2.05) is 36.2 Å². The number of halogens is 3. The minimum absolute atomic E-state index is 0.0941. The van der Waals surface area contributed by atoms with Gasteiger partial charge in [0.15, 0.2) is 0 Å². The lowest BCUT2D eigenvalue weighted by Crippen LogP contribution is -2.50. The lowest BCUT2D eigenvalue weighted by atomic mass is 10.1. The van der Waals surface area contributed by atoms with E-state index in [0.29, 0.717) is 16.6 Å².